The highest BCUT2D eigenvalue weighted by Gasteiger charge is 2.21. The summed E-state index contributed by atoms with van der Waals surface area (Å²) >= 11 is 29.8. The molecule has 2 aromatic carbocycles. The van der Waals surface area contributed by atoms with Gasteiger partial charge in [0.2, 0.25) is 0 Å². The molecule has 0 saturated carbocycles. The summed E-state index contributed by atoms with van der Waals surface area (Å²) in [6.45, 7) is -3.11. The molecule has 2 aromatic rings. The summed E-state index contributed by atoms with van der Waals surface area (Å²) in [6.07, 6.45) is 0. The number of halogens is 8. The van der Waals surface area contributed by atoms with E-state index in [2.05, 4.69) is 4.74 Å². The molecule has 0 fully saturated rings. The average molecular weight is 410 g/mol. The van der Waals surface area contributed by atoms with Gasteiger partial charge >= 0.3 is 6.61 Å². The highest BCUT2D eigenvalue weighted by molar-refractivity contribution is 6.56. The standard InChI is InChI=1S/C13H4Cl5F3O/c14-8-7(9(15)11(17)12(18)10(8)16)4-1-5(19)3-6(2-4)22-13(20)21/h1-3,13H. The van der Waals surface area contributed by atoms with E-state index in [9.17, 15) is 13.2 Å². The van der Waals surface area contributed by atoms with Crippen molar-refractivity contribution in [3.8, 4) is 16.9 Å². The first-order valence-electron chi connectivity index (χ1n) is 5.49. The largest absolute Gasteiger partial charge is 0.435 e. The van der Waals surface area contributed by atoms with Crippen LogP contribution in [0.3, 0.4) is 0 Å². The van der Waals surface area contributed by atoms with E-state index in [0.717, 1.165) is 18.2 Å². The first-order valence-corrected chi connectivity index (χ1v) is 7.38. The third-order valence-electron chi connectivity index (χ3n) is 2.59. The fraction of sp³-hybridized carbons (Fsp3) is 0.0769. The second-order valence-electron chi connectivity index (χ2n) is 4.00. The minimum absolute atomic E-state index is 0.0568. The van der Waals surface area contributed by atoms with E-state index in [1.165, 1.54) is 0 Å². The lowest BCUT2D eigenvalue weighted by molar-refractivity contribution is -0.0499. The quantitative estimate of drug-likeness (QED) is 0.379. The van der Waals surface area contributed by atoms with Gasteiger partial charge in [-0.25, -0.2) is 4.39 Å². The molecule has 0 aliphatic heterocycles. The molecule has 0 radical (unpaired) electrons. The summed E-state index contributed by atoms with van der Waals surface area (Å²) < 4.78 is 42.3. The first-order chi connectivity index (χ1) is 10.2. The number of hydrogen-bond donors (Lipinski definition) is 0. The van der Waals surface area contributed by atoms with Crippen molar-refractivity contribution >= 4 is 58.0 Å². The minimum atomic E-state index is -3.11. The van der Waals surface area contributed by atoms with Crippen molar-refractivity contribution in [2.24, 2.45) is 0 Å². The molecule has 0 heterocycles. The van der Waals surface area contributed by atoms with E-state index in [4.69, 9.17) is 58.0 Å². The Bertz CT molecular complexity index is 707. The molecule has 118 valence electrons. The SMILES string of the molecule is Fc1cc(OC(F)F)cc(-c2c(Cl)c(Cl)c(Cl)c(Cl)c2Cl)c1. The van der Waals surface area contributed by atoms with Crippen LogP contribution in [0.5, 0.6) is 5.75 Å². The molecule has 0 saturated heterocycles. The molecule has 2 rings (SSSR count). The summed E-state index contributed by atoms with van der Waals surface area (Å²) in [7, 11) is 0. The van der Waals surface area contributed by atoms with Gasteiger partial charge in [0.05, 0.1) is 25.1 Å². The lowest BCUT2D eigenvalue weighted by atomic mass is 10.0. The van der Waals surface area contributed by atoms with Gasteiger partial charge in [0.15, 0.2) is 0 Å². The zero-order chi connectivity index (χ0) is 16.6. The molecule has 9 heteroatoms. The first kappa shape index (κ1) is 17.8. The Morgan fingerprint density at radius 1 is 0.773 bits per heavy atom. The van der Waals surface area contributed by atoms with E-state index < -0.39 is 18.2 Å². The molecule has 0 unspecified atom stereocenters. The summed E-state index contributed by atoms with van der Waals surface area (Å²) in [5.41, 5.74) is 0.118. The van der Waals surface area contributed by atoms with Crippen LogP contribution >= 0.6 is 58.0 Å². The molecule has 0 spiro atoms. The zero-order valence-electron chi connectivity index (χ0n) is 10.2. The van der Waals surface area contributed by atoms with Gasteiger partial charge in [-0.05, 0) is 17.7 Å². The van der Waals surface area contributed by atoms with E-state index in [1.807, 2.05) is 0 Å². The fourth-order valence-corrected chi connectivity index (χ4v) is 3.09. The van der Waals surface area contributed by atoms with Crippen LogP contribution in [0.2, 0.25) is 25.1 Å². The molecular formula is C13H4Cl5F3O. The van der Waals surface area contributed by atoms with Gasteiger partial charge in [-0.2, -0.15) is 8.78 Å². The minimum Gasteiger partial charge on any atom is -0.435 e. The summed E-state index contributed by atoms with van der Waals surface area (Å²) in [5.74, 6) is -1.23. The van der Waals surface area contributed by atoms with Gasteiger partial charge in [-0.1, -0.05) is 58.0 Å². The Labute approximate surface area is 148 Å². The van der Waals surface area contributed by atoms with Gasteiger partial charge < -0.3 is 4.74 Å². The lowest BCUT2D eigenvalue weighted by Crippen LogP contribution is -2.02. The van der Waals surface area contributed by atoms with Crippen LogP contribution in [0.25, 0.3) is 11.1 Å². The summed E-state index contributed by atoms with van der Waals surface area (Å²) in [4.78, 5) is 0. The molecule has 22 heavy (non-hydrogen) atoms. The number of alkyl halides is 2. The molecule has 0 aromatic heterocycles. The predicted molar refractivity (Wildman–Crippen MR) is 83.5 cm³/mol. The van der Waals surface area contributed by atoms with Crippen molar-refractivity contribution < 1.29 is 17.9 Å². The lowest BCUT2D eigenvalue weighted by Gasteiger charge is -2.14. The number of benzene rings is 2. The highest BCUT2D eigenvalue weighted by Crippen LogP contribution is 2.48. The van der Waals surface area contributed by atoms with Crippen molar-refractivity contribution in [3.63, 3.8) is 0 Å². The topological polar surface area (TPSA) is 9.23 Å². The third-order valence-corrected chi connectivity index (χ3v) is 4.87. The molecular weight excluding hydrogens is 406 g/mol. The van der Waals surface area contributed by atoms with Gasteiger partial charge in [-0.3, -0.25) is 0 Å². The van der Waals surface area contributed by atoms with Crippen LogP contribution in [-0.4, -0.2) is 6.61 Å². The molecule has 0 atom stereocenters. The van der Waals surface area contributed by atoms with Crippen LogP contribution < -0.4 is 4.74 Å². The Morgan fingerprint density at radius 2 is 1.27 bits per heavy atom. The Balaban J connectivity index is 2.69. The predicted octanol–water partition coefficient (Wildman–Crippen LogP) is 7.36. The van der Waals surface area contributed by atoms with Crippen molar-refractivity contribution in [3.05, 3.63) is 49.1 Å². The number of hydrogen-bond acceptors (Lipinski definition) is 1. The summed E-state index contributed by atoms with van der Waals surface area (Å²) in [6, 6.07) is 2.94. The highest BCUT2D eigenvalue weighted by atomic mass is 35.5. The number of ether oxygens (including phenoxy) is 1. The Hall–Kier alpha value is -0.520. The monoisotopic (exact) mass is 408 g/mol. The average Bonchev–Trinajstić information content (AvgIpc) is 2.42. The van der Waals surface area contributed by atoms with Gasteiger partial charge in [-0.15, -0.1) is 0 Å². The van der Waals surface area contributed by atoms with Crippen molar-refractivity contribution in [1.82, 2.24) is 0 Å². The maximum absolute atomic E-state index is 13.6. The Morgan fingerprint density at radius 3 is 1.77 bits per heavy atom. The molecule has 1 nitrogen and oxygen atoms in total. The second-order valence-corrected chi connectivity index (χ2v) is 5.89. The van der Waals surface area contributed by atoms with E-state index in [1.54, 1.807) is 0 Å². The van der Waals surface area contributed by atoms with Gasteiger partial charge in [0, 0.05) is 11.6 Å². The smallest absolute Gasteiger partial charge is 0.387 e. The second kappa shape index (κ2) is 6.93. The van der Waals surface area contributed by atoms with E-state index in [-0.39, 0.29) is 36.2 Å². The van der Waals surface area contributed by atoms with E-state index >= 15 is 0 Å². The van der Waals surface area contributed by atoms with Crippen molar-refractivity contribution in [1.29, 1.82) is 0 Å². The molecule has 0 N–H and O–H groups in total. The van der Waals surface area contributed by atoms with Gasteiger partial charge in [0.25, 0.3) is 0 Å². The maximum Gasteiger partial charge on any atom is 0.387 e. The van der Waals surface area contributed by atoms with Crippen molar-refractivity contribution in [2.45, 2.75) is 6.61 Å². The Kier molecular flexibility index (Phi) is 5.62. The fourth-order valence-electron chi connectivity index (χ4n) is 1.74. The molecule has 0 aliphatic rings. The van der Waals surface area contributed by atoms with E-state index in [0.29, 0.717) is 0 Å². The maximum atomic E-state index is 13.6. The van der Waals surface area contributed by atoms with Crippen LogP contribution in [0, 0.1) is 5.82 Å². The molecule has 0 bridgehead atoms. The molecule has 0 amide bonds. The van der Waals surface area contributed by atoms with Crippen molar-refractivity contribution in [2.75, 3.05) is 0 Å². The third kappa shape index (κ3) is 3.52. The van der Waals surface area contributed by atoms with Gasteiger partial charge in [0.1, 0.15) is 11.6 Å². The van der Waals surface area contributed by atoms with Crippen LogP contribution in [0.4, 0.5) is 13.2 Å². The van der Waals surface area contributed by atoms with Crippen LogP contribution in [0.1, 0.15) is 0 Å². The molecule has 0 aliphatic carbocycles. The zero-order valence-corrected chi connectivity index (χ0v) is 14.0. The van der Waals surface area contributed by atoms with Crippen LogP contribution in [0.15, 0.2) is 18.2 Å². The van der Waals surface area contributed by atoms with Crippen LogP contribution in [-0.2, 0) is 0 Å². The normalized spacial score (nSPS) is 11.1. The number of rotatable bonds is 3. The summed E-state index contributed by atoms with van der Waals surface area (Å²) in [5, 5.41) is -0.423.